The Kier molecular flexibility index (Phi) is 4.04. The Hall–Kier alpha value is -2.35. The second-order valence-electron chi connectivity index (χ2n) is 4.11. The molecule has 8 heteroatoms. The van der Waals surface area contributed by atoms with Gasteiger partial charge in [-0.25, -0.2) is 4.98 Å². The lowest BCUT2D eigenvalue weighted by molar-refractivity contribution is -0.136. The molecule has 0 bridgehead atoms. The third-order valence-electron chi connectivity index (χ3n) is 2.60. The number of aryl methyl sites for hydroxylation is 1. The summed E-state index contributed by atoms with van der Waals surface area (Å²) < 4.78 is 26.2. The van der Waals surface area contributed by atoms with E-state index in [-0.39, 0.29) is 11.4 Å². The zero-order chi connectivity index (χ0) is 14.6. The van der Waals surface area contributed by atoms with Crippen LogP contribution in [0.5, 0.6) is 0 Å². The minimum Gasteiger partial charge on any atom is -0.481 e. The quantitative estimate of drug-likeness (QED) is 0.742. The number of imidazole rings is 1. The standard InChI is InChI=1S/C12H13N3O4S/c16-12(17)6-3-9-1-4-10(5-2-9)15-20(18,19)11-7-13-8-14-11/h1-2,4-5,7-8,15H,3,6H2,(H,13,14)(H,16,17). The molecule has 0 amide bonds. The molecule has 0 aliphatic rings. The molecule has 2 rings (SSSR count). The minimum atomic E-state index is -3.67. The van der Waals surface area contributed by atoms with E-state index >= 15 is 0 Å². The Morgan fingerprint density at radius 1 is 1.30 bits per heavy atom. The third kappa shape index (κ3) is 3.58. The molecule has 7 nitrogen and oxygen atoms in total. The fourth-order valence-corrected chi connectivity index (χ4v) is 2.55. The number of hydrogen-bond acceptors (Lipinski definition) is 4. The first-order chi connectivity index (χ1) is 9.47. The Labute approximate surface area is 115 Å². The molecule has 0 radical (unpaired) electrons. The normalized spacial score (nSPS) is 11.2. The molecule has 1 aromatic carbocycles. The molecule has 0 atom stereocenters. The molecule has 3 N–H and O–H groups in total. The SMILES string of the molecule is O=C(O)CCc1ccc(NS(=O)(=O)c2cnc[nH]2)cc1. The second-order valence-corrected chi connectivity index (χ2v) is 5.76. The van der Waals surface area contributed by atoms with Gasteiger partial charge in [-0.2, -0.15) is 8.42 Å². The summed E-state index contributed by atoms with van der Waals surface area (Å²) in [6.45, 7) is 0. The first kappa shape index (κ1) is 14.1. The zero-order valence-corrected chi connectivity index (χ0v) is 11.2. The molecule has 0 aliphatic carbocycles. The molecule has 1 aromatic heterocycles. The Bertz CT molecular complexity index is 678. The highest BCUT2D eigenvalue weighted by Crippen LogP contribution is 2.15. The van der Waals surface area contributed by atoms with Crippen LogP contribution in [0.15, 0.2) is 41.8 Å². The van der Waals surface area contributed by atoms with Crippen molar-refractivity contribution in [3.63, 3.8) is 0 Å². The predicted octanol–water partition coefficient (Wildman–Crippen LogP) is 1.23. The van der Waals surface area contributed by atoms with Gasteiger partial charge in [0.2, 0.25) is 0 Å². The van der Waals surface area contributed by atoms with Crippen LogP contribution in [0.4, 0.5) is 5.69 Å². The number of hydrogen-bond donors (Lipinski definition) is 3. The Balaban J connectivity index is 2.06. The molecule has 0 saturated carbocycles. The van der Waals surface area contributed by atoms with E-state index in [0.29, 0.717) is 12.1 Å². The molecule has 0 saturated heterocycles. The maximum absolute atomic E-state index is 11.9. The van der Waals surface area contributed by atoms with Crippen molar-refractivity contribution >= 4 is 21.7 Å². The summed E-state index contributed by atoms with van der Waals surface area (Å²) in [7, 11) is -3.67. The average molecular weight is 295 g/mol. The van der Waals surface area contributed by atoms with Gasteiger partial charge in [0.05, 0.1) is 12.5 Å². The number of carboxylic acids is 1. The van der Waals surface area contributed by atoms with Crippen LogP contribution in [-0.4, -0.2) is 29.5 Å². The molecule has 0 spiro atoms. The number of aromatic nitrogens is 2. The maximum Gasteiger partial charge on any atom is 0.303 e. The van der Waals surface area contributed by atoms with Gasteiger partial charge in [-0.1, -0.05) is 12.1 Å². The lowest BCUT2D eigenvalue weighted by Crippen LogP contribution is -2.13. The zero-order valence-electron chi connectivity index (χ0n) is 10.4. The molecule has 1 heterocycles. The summed E-state index contributed by atoms with van der Waals surface area (Å²) >= 11 is 0. The van der Waals surface area contributed by atoms with Crippen LogP contribution in [-0.2, 0) is 21.2 Å². The molecule has 0 fully saturated rings. The average Bonchev–Trinajstić information content (AvgIpc) is 2.92. The largest absolute Gasteiger partial charge is 0.481 e. The van der Waals surface area contributed by atoms with Crippen molar-refractivity contribution < 1.29 is 18.3 Å². The van der Waals surface area contributed by atoms with E-state index in [9.17, 15) is 13.2 Å². The first-order valence-electron chi connectivity index (χ1n) is 5.79. The fourth-order valence-electron chi connectivity index (χ4n) is 1.59. The van der Waals surface area contributed by atoms with Gasteiger partial charge in [0.1, 0.15) is 0 Å². The second kappa shape index (κ2) is 5.74. The van der Waals surface area contributed by atoms with Crippen molar-refractivity contribution in [1.82, 2.24) is 9.97 Å². The lowest BCUT2D eigenvalue weighted by Gasteiger charge is -2.07. The Morgan fingerprint density at radius 2 is 2.00 bits per heavy atom. The first-order valence-corrected chi connectivity index (χ1v) is 7.27. The van der Waals surface area contributed by atoms with Crippen molar-refractivity contribution in [3.8, 4) is 0 Å². The topological polar surface area (TPSA) is 112 Å². The third-order valence-corrected chi connectivity index (χ3v) is 3.90. The summed E-state index contributed by atoms with van der Waals surface area (Å²) in [5, 5.41) is 8.57. The van der Waals surface area contributed by atoms with E-state index in [0.717, 1.165) is 5.56 Å². The number of nitrogens with zero attached hydrogens (tertiary/aromatic N) is 1. The predicted molar refractivity (Wildman–Crippen MR) is 71.8 cm³/mol. The number of sulfonamides is 1. The number of anilines is 1. The van der Waals surface area contributed by atoms with Gasteiger partial charge >= 0.3 is 5.97 Å². The summed E-state index contributed by atoms with van der Waals surface area (Å²) in [4.78, 5) is 16.6. The maximum atomic E-state index is 11.9. The number of H-pyrrole nitrogens is 1. The fraction of sp³-hybridized carbons (Fsp3) is 0.167. The summed E-state index contributed by atoms with van der Waals surface area (Å²) in [6, 6.07) is 6.55. The highest BCUT2D eigenvalue weighted by molar-refractivity contribution is 7.92. The van der Waals surface area contributed by atoms with Crippen molar-refractivity contribution in [2.24, 2.45) is 0 Å². The van der Waals surface area contributed by atoms with Crippen LogP contribution in [0.2, 0.25) is 0 Å². The highest BCUT2D eigenvalue weighted by atomic mass is 32.2. The molecule has 20 heavy (non-hydrogen) atoms. The van der Waals surface area contributed by atoms with Crippen molar-refractivity contribution in [3.05, 3.63) is 42.4 Å². The Morgan fingerprint density at radius 3 is 2.55 bits per heavy atom. The van der Waals surface area contributed by atoms with E-state index in [1.54, 1.807) is 24.3 Å². The summed E-state index contributed by atoms with van der Waals surface area (Å²) in [5.41, 5.74) is 1.23. The number of aromatic amines is 1. The van der Waals surface area contributed by atoms with Gasteiger partial charge in [-0.05, 0) is 24.1 Å². The van der Waals surface area contributed by atoms with Gasteiger partial charge in [-0.15, -0.1) is 0 Å². The highest BCUT2D eigenvalue weighted by Gasteiger charge is 2.15. The molecule has 0 aliphatic heterocycles. The van der Waals surface area contributed by atoms with E-state index < -0.39 is 16.0 Å². The summed E-state index contributed by atoms with van der Waals surface area (Å²) in [6.07, 6.45) is 2.94. The number of carboxylic acid groups (broad SMARTS) is 1. The van der Waals surface area contributed by atoms with Crippen LogP contribution in [0.1, 0.15) is 12.0 Å². The van der Waals surface area contributed by atoms with Gasteiger partial charge in [0.25, 0.3) is 10.0 Å². The number of rotatable bonds is 6. The summed E-state index contributed by atoms with van der Waals surface area (Å²) in [5.74, 6) is -0.867. The molecular weight excluding hydrogens is 282 g/mol. The molecular formula is C12H13N3O4S. The van der Waals surface area contributed by atoms with Crippen LogP contribution < -0.4 is 4.72 Å². The van der Waals surface area contributed by atoms with Gasteiger partial charge in [0, 0.05) is 12.1 Å². The molecule has 2 aromatic rings. The number of aliphatic carboxylic acids is 1. The smallest absolute Gasteiger partial charge is 0.303 e. The molecule has 106 valence electrons. The van der Waals surface area contributed by atoms with Crippen LogP contribution >= 0.6 is 0 Å². The van der Waals surface area contributed by atoms with E-state index in [1.165, 1.54) is 12.5 Å². The van der Waals surface area contributed by atoms with Gasteiger partial charge < -0.3 is 10.1 Å². The van der Waals surface area contributed by atoms with Crippen LogP contribution in [0.3, 0.4) is 0 Å². The lowest BCUT2D eigenvalue weighted by atomic mass is 10.1. The van der Waals surface area contributed by atoms with Gasteiger partial charge in [-0.3, -0.25) is 9.52 Å². The van der Waals surface area contributed by atoms with Crippen LogP contribution in [0, 0.1) is 0 Å². The monoisotopic (exact) mass is 295 g/mol. The van der Waals surface area contributed by atoms with Crippen molar-refractivity contribution in [1.29, 1.82) is 0 Å². The van der Waals surface area contributed by atoms with Crippen LogP contribution in [0.25, 0.3) is 0 Å². The van der Waals surface area contributed by atoms with E-state index in [4.69, 9.17) is 5.11 Å². The van der Waals surface area contributed by atoms with E-state index in [2.05, 4.69) is 14.7 Å². The van der Waals surface area contributed by atoms with Crippen molar-refractivity contribution in [2.75, 3.05) is 4.72 Å². The molecule has 0 unspecified atom stereocenters. The minimum absolute atomic E-state index is 0.0209. The number of carbonyl (C=O) groups is 1. The number of nitrogens with one attached hydrogen (secondary N) is 2. The van der Waals surface area contributed by atoms with Gasteiger partial charge in [0.15, 0.2) is 5.03 Å². The number of benzene rings is 1. The van der Waals surface area contributed by atoms with E-state index in [1.807, 2.05) is 0 Å². The van der Waals surface area contributed by atoms with Crippen molar-refractivity contribution in [2.45, 2.75) is 17.9 Å².